The SMILES string of the molecule is c1ccc(-c2nc(-c3ccccc3)nc(-c3cccc(-c4cc(-n5c6ccccc6c6ccccc65)cc5c4sc4c(-n6c7ccccc7c7ccccc76)cccc45)c3)n2)cc1. The van der Waals surface area contributed by atoms with Crippen LogP contribution in [0.5, 0.6) is 0 Å². The van der Waals surface area contributed by atoms with Gasteiger partial charge in [0.25, 0.3) is 0 Å². The average molecular weight is 822 g/mol. The van der Waals surface area contributed by atoms with Crippen LogP contribution < -0.4 is 0 Å². The van der Waals surface area contributed by atoms with E-state index in [4.69, 9.17) is 15.0 Å². The molecule has 0 saturated heterocycles. The van der Waals surface area contributed by atoms with Crippen LogP contribution in [0.15, 0.2) is 212 Å². The number of thiophene rings is 1. The number of fused-ring (bicyclic) bond motifs is 9. The largest absolute Gasteiger partial charge is 0.309 e. The van der Waals surface area contributed by atoms with Crippen LogP contribution >= 0.6 is 11.3 Å². The molecule has 9 aromatic carbocycles. The molecule has 0 aliphatic carbocycles. The van der Waals surface area contributed by atoms with Gasteiger partial charge >= 0.3 is 0 Å². The van der Waals surface area contributed by atoms with E-state index < -0.39 is 0 Å². The van der Waals surface area contributed by atoms with Crippen molar-refractivity contribution in [1.29, 1.82) is 0 Å². The average Bonchev–Trinajstić information content (AvgIpc) is 4.02. The third-order valence-electron chi connectivity index (χ3n) is 12.4. The summed E-state index contributed by atoms with van der Waals surface area (Å²) in [6, 6.07) is 75.6. The van der Waals surface area contributed by atoms with Crippen LogP contribution in [-0.4, -0.2) is 24.1 Å². The molecular formula is C57H35N5S. The summed E-state index contributed by atoms with van der Waals surface area (Å²) in [5.74, 6) is 1.91. The van der Waals surface area contributed by atoms with Crippen LogP contribution in [0, 0.1) is 0 Å². The molecule has 0 saturated carbocycles. The van der Waals surface area contributed by atoms with E-state index in [1.807, 2.05) is 47.7 Å². The minimum absolute atomic E-state index is 0.629. The van der Waals surface area contributed by atoms with Gasteiger partial charge in [-0.2, -0.15) is 0 Å². The number of nitrogens with zero attached hydrogens (tertiary/aromatic N) is 5. The fourth-order valence-corrected chi connectivity index (χ4v) is 10.9. The molecule has 4 aromatic heterocycles. The Hall–Kier alpha value is -8.19. The molecule has 0 spiro atoms. The number of rotatable bonds is 6. The molecule has 13 aromatic rings. The Morgan fingerprint density at radius 3 is 1.29 bits per heavy atom. The Morgan fingerprint density at radius 1 is 0.302 bits per heavy atom. The third kappa shape index (κ3) is 5.66. The molecule has 4 heterocycles. The summed E-state index contributed by atoms with van der Waals surface area (Å²) >= 11 is 1.87. The molecule has 0 bridgehead atoms. The van der Waals surface area contributed by atoms with Gasteiger partial charge in [0, 0.05) is 65.0 Å². The van der Waals surface area contributed by atoms with Crippen LogP contribution in [0.4, 0.5) is 0 Å². The minimum atomic E-state index is 0.629. The van der Waals surface area contributed by atoms with Gasteiger partial charge in [0.1, 0.15) is 0 Å². The second-order valence-corrected chi connectivity index (χ2v) is 17.0. The highest BCUT2D eigenvalue weighted by atomic mass is 32.1. The summed E-state index contributed by atoms with van der Waals surface area (Å²) in [6.45, 7) is 0. The van der Waals surface area contributed by atoms with Gasteiger partial charge < -0.3 is 9.13 Å². The zero-order valence-corrected chi connectivity index (χ0v) is 34.7. The number of aromatic nitrogens is 5. The summed E-state index contributed by atoms with van der Waals surface area (Å²) in [4.78, 5) is 15.2. The van der Waals surface area contributed by atoms with Crippen LogP contribution in [0.3, 0.4) is 0 Å². The van der Waals surface area contributed by atoms with Crippen molar-refractivity contribution >= 4 is 75.1 Å². The van der Waals surface area contributed by atoms with Crippen LogP contribution in [-0.2, 0) is 0 Å². The number of para-hydroxylation sites is 4. The van der Waals surface area contributed by atoms with Gasteiger partial charge in [-0.3, -0.25) is 0 Å². The Balaban J connectivity index is 1.09. The maximum atomic E-state index is 5.12. The maximum absolute atomic E-state index is 5.12. The molecular weight excluding hydrogens is 787 g/mol. The molecule has 0 unspecified atom stereocenters. The summed E-state index contributed by atoms with van der Waals surface area (Å²) in [5, 5.41) is 7.42. The van der Waals surface area contributed by atoms with E-state index in [0.717, 1.165) is 33.5 Å². The van der Waals surface area contributed by atoms with E-state index in [2.05, 4.69) is 185 Å². The summed E-state index contributed by atoms with van der Waals surface area (Å²) in [5.41, 5.74) is 12.1. The molecule has 0 N–H and O–H groups in total. The quantitative estimate of drug-likeness (QED) is 0.168. The molecule has 0 amide bonds. The topological polar surface area (TPSA) is 48.5 Å². The van der Waals surface area contributed by atoms with Gasteiger partial charge in [-0.25, -0.2) is 15.0 Å². The highest BCUT2D eigenvalue weighted by Crippen LogP contribution is 2.46. The molecule has 0 aliphatic heterocycles. The van der Waals surface area contributed by atoms with Crippen molar-refractivity contribution < 1.29 is 0 Å². The first-order valence-electron chi connectivity index (χ1n) is 21.2. The van der Waals surface area contributed by atoms with E-state index >= 15 is 0 Å². The van der Waals surface area contributed by atoms with Gasteiger partial charge in [0.15, 0.2) is 17.5 Å². The first kappa shape index (κ1) is 35.6. The fourth-order valence-electron chi connectivity index (χ4n) is 9.54. The van der Waals surface area contributed by atoms with Crippen LogP contribution in [0.25, 0.3) is 120 Å². The molecule has 6 heteroatoms. The number of hydrogen-bond acceptors (Lipinski definition) is 4. The zero-order chi connectivity index (χ0) is 41.4. The molecule has 0 radical (unpaired) electrons. The Kier molecular flexibility index (Phi) is 8.01. The third-order valence-corrected chi connectivity index (χ3v) is 13.6. The predicted octanol–water partition coefficient (Wildman–Crippen LogP) is 15.1. The Morgan fingerprint density at radius 2 is 0.730 bits per heavy atom. The lowest BCUT2D eigenvalue weighted by Crippen LogP contribution is -2.00. The zero-order valence-electron chi connectivity index (χ0n) is 33.9. The summed E-state index contributed by atoms with van der Waals surface area (Å²) in [7, 11) is 0. The van der Waals surface area contributed by atoms with Crippen molar-refractivity contribution in [2.24, 2.45) is 0 Å². The lowest BCUT2D eigenvalue weighted by Gasteiger charge is -2.13. The van der Waals surface area contributed by atoms with Gasteiger partial charge in [-0.15, -0.1) is 11.3 Å². The first-order chi connectivity index (χ1) is 31.2. The van der Waals surface area contributed by atoms with E-state index in [0.29, 0.717) is 17.5 Å². The predicted molar refractivity (Wildman–Crippen MR) is 263 cm³/mol. The van der Waals surface area contributed by atoms with Gasteiger partial charge in [-0.1, -0.05) is 164 Å². The highest BCUT2D eigenvalue weighted by molar-refractivity contribution is 7.26. The van der Waals surface area contributed by atoms with E-state index in [9.17, 15) is 0 Å². The summed E-state index contributed by atoms with van der Waals surface area (Å²) < 4.78 is 7.35. The van der Waals surface area contributed by atoms with Crippen molar-refractivity contribution in [2.45, 2.75) is 0 Å². The Bertz CT molecular complexity index is 3750. The van der Waals surface area contributed by atoms with E-state index in [-0.39, 0.29) is 0 Å². The second kappa shape index (κ2) is 14.2. The number of hydrogen-bond donors (Lipinski definition) is 0. The molecule has 5 nitrogen and oxygen atoms in total. The second-order valence-electron chi connectivity index (χ2n) is 16.0. The van der Waals surface area contributed by atoms with Crippen LogP contribution in [0.1, 0.15) is 0 Å². The first-order valence-corrected chi connectivity index (χ1v) is 22.0. The number of benzene rings is 9. The minimum Gasteiger partial charge on any atom is -0.309 e. The maximum Gasteiger partial charge on any atom is 0.164 e. The van der Waals surface area contributed by atoms with Crippen molar-refractivity contribution in [3.8, 4) is 56.7 Å². The van der Waals surface area contributed by atoms with Crippen LogP contribution in [0.2, 0.25) is 0 Å². The van der Waals surface area contributed by atoms with Crippen molar-refractivity contribution in [2.75, 3.05) is 0 Å². The lowest BCUT2D eigenvalue weighted by molar-refractivity contribution is 1.07. The van der Waals surface area contributed by atoms with Crippen molar-refractivity contribution in [3.63, 3.8) is 0 Å². The van der Waals surface area contributed by atoms with Crippen molar-refractivity contribution in [1.82, 2.24) is 24.1 Å². The monoisotopic (exact) mass is 821 g/mol. The van der Waals surface area contributed by atoms with Gasteiger partial charge in [0.2, 0.25) is 0 Å². The summed E-state index contributed by atoms with van der Waals surface area (Å²) in [6.07, 6.45) is 0. The lowest BCUT2D eigenvalue weighted by atomic mass is 9.99. The standard InChI is InChI=1S/C57H35N5S/c1-3-17-36(18-4-1)55-58-56(37-19-5-2-6-20-37)60-57(59-55)39-22-15-21-38(33-39)46-34-40(61-48-28-11-7-23-41(48)42-24-8-12-29-49(42)61)35-47-45-27-16-32-52(54(45)63-53(46)47)62-50-30-13-9-25-43(50)44-26-10-14-31-51(44)62/h1-35H. The van der Waals surface area contributed by atoms with E-state index in [1.165, 1.54) is 69.5 Å². The molecule has 0 fully saturated rings. The van der Waals surface area contributed by atoms with Crippen molar-refractivity contribution in [3.05, 3.63) is 212 Å². The molecule has 0 atom stereocenters. The smallest absolute Gasteiger partial charge is 0.164 e. The highest BCUT2D eigenvalue weighted by Gasteiger charge is 2.21. The van der Waals surface area contributed by atoms with Gasteiger partial charge in [0.05, 0.1) is 32.5 Å². The molecule has 0 aliphatic rings. The van der Waals surface area contributed by atoms with Gasteiger partial charge in [-0.05, 0) is 54.1 Å². The normalized spacial score (nSPS) is 11.8. The Labute approximate surface area is 366 Å². The molecule has 294 valence electrons. The van der Waals surface area contributed by atoms with E-state index in [1.54, 1.807) is 0 Å². The molecule has 13 rings (SSSR count). The fraction of sp³-hybridized carbons (Fsp3) is 0. The molecule has 63 heavy (non-hydrogen) atoms.